The van der Waals surface area contributed by atoms with E-state index in [1.165, 1.54) is 0 Å². The van der Waals surface area contributed by atoms with Crippen molar-refractivity contribution in [3.8, 4) is 0 Å². The Hall–Kier alpha value is -0.900. The van der Waals surface area contributed by atoms with Gasteiger partial charge in [-0.25, -0.2) is 9.78 Å². The van der Waals surface area contributed by atoms with Crippen LogP contribution < -0.4 is 0 Å². The SMILES string of the molecule is CCC(C)(C)C(OOCCCOC)c1ccccc1. The standard InChI is InChI=1S/C16H26O3/c1-5-16(2,3)15(14-10-7-6-8-11-14)19-18-13-9-12-17-4/h6-8,10-11,15H,5,9,12-13H2,1-4H3. The van der Waals surface area contributed by atoms with Gasteiger partial charge in [0.15, 0.2) is 0 Å². The van der Waals surface area contributed by atoms with Crippen LogP contribution >= 0.6 is 0 Å². The van der Waals surface area contributed by atoms with Gasteiger partial charge in [-0.05, 0) is 23.8 Å². The first-order valence-electron chi connectivity index (χ1n) is 6.94. The minimum absolute atomic E-state index is 0.0304. The zero-order valence-corrected chi connectivity index (χ0v) is 12.5. The molecule has 0 saturated carbocycles. The molecule has 0 heterocycles. The van der Waals surface area contributed by atoms with Crippen LogP contribution in [0.25, 0.3) is 0 Å². The molecule has 0 fully saturated rings. The normalized spacial score (nSPS) is 13.5. The maximum absolute atomic E-state index is 5.67. The second-order valence-corrected chi connectivity index (χ2v) is 5.40. The summed E-state index contributed by atoms with van der Waals surface area (Å²) < 4.78 is 4.99. The lowest BCUT2D eigenvalue weighted by Crippen LogP contribution is -2.24. The monoisotopic (exact) mass is 266 g/mol. The van der Waals surface area contributed by atoms with Crippen LogP contribution in [0.2, 0.25) is 0 Å². The van der Waals surface area contributed by atoms with Crippen molar-refractivity contribution in [3.63, 3.8) is 0 Å². The topological polar surface area (TPSA) is 27.7 Å². The fourth-order valence-electron chi connectivity index (χ4n) is 1.83. The summed E-state index contributed by atoms with van der Waals surface area (Å²) >= 11 is 0. The number of rotatable bonds is 9. The molecule has 0 saturated heterocycles. The molecule has 1 aromatic rings. The molecule has 0 bridgehead atoms. The van der Waals surface area contributed by atoms with Crippen molar-refractivity contribution in [2.45, 2.75) is 39.7 Å². The molecule has 0 spiro atoms. The Morgan fingerprint density at radius 1 is 1.11 bits per heavy atom. The van der Waals surface area contributed by atoms with Gasteiger partial charge in [-0.3, -0.25) is 0 Å². The lowest BCUT2D eigenvalue weighted by atomic mass is 9.80. The van der Waals surface area contributed by atoms with E-state index in [-0.39, 0.29) is 11.5 Å². The van der Waals surface area contributed by atoms with Gasteiger partial charge in [0.05, 0.1) is 6.61 Å². The summed E-state index contributed by atoms with van der Waals surface area (Å²) in [4.78, 5) is 11.0. The van der Waals surface area contributed by atoms with Gasteiger partial charge in [0.2, 0.25) is 0 Å². The van der Waals surface area contributed by atoms with Gasteiger partial charge in [-0.2, -0.15) is 0 Å². The lowest BCUT2D eigenvalue weighted by molar-refractivity contribution is -0.347. The minimum atomic E-state index is -0.0544. The third kappa shape index (κ3) is 5.31. The molecule has 0 N–H and O–H groups in total. The summed E-state index contributed by atoms with van der Waals surface area (Å²) in [7, 11) is 1.69. The smallest absolute Gasteiger partial charge is 0.123 e. The Balaban J connectivity index is 2.61. The van der Waals surface area contributed by atoms with Crippen LogP contribution in [0.5, 0.6) is 0 Å². The van der Waals surface area contributed by atoms with E-state index in [1.807, 2.05) is 18.2 Å². The summed E-state index contributed by atoms with van der Waals surface area (Å²) in [5.74, 6) is 0. The Bertz CT molecular complexity index is 335. The second-order valence-electron chi connectivity index (χ2n) is 5.40. The van der Waals surface area contributed by atoms with E-state index < -0.39 is 0 Å². The third-order valence-corrected chi connectivity index (χ3v) is 3.46. The highest BCUT2D eigenvalue weighted by Crippen LogP contribution is 2.39. The van der Waals surface area contributed by atoms with Crippen LogP contribution in [-0.2, 0) is 14.5 Å². The largest absolute Gasteiger partial charge is 0.385 e. The Morgan fingerprint density at radius 3 is 2.37 bits per heavy atom. The molecule has 1 aromatic carbocycles. The molecule has 1 rings (SSSR count). The van der Waals surface area contributed by atoms with Gasteiger partial charge in [0, 0.05) is 13.7 Å². The van der Waals surface area contributed by atoms with E-state index in [2.05, 4.69) is 32.9 Å². The van der Waals surface area contributed by atoms with Crippen molar-refractivity contribution in [1.82, 2.24) is 0 Å². The zero-order chi connectivity index (χ0) is 14.1. The quantitative estimate of drug-likeness (QED) is 0.382. The summed E-state index contributed by atoms with van der Waals surface area (Å²) in [6.45, 7) is 7.81. The van der Waals surface area contributed by atoms with E-state index in [9.17, 15) is 0 Å². The number of hydrogen-bond donors (Lipinski definition) is 0. The van der Waals surface area contributed by atoms with Crippen molar-refractivity contribution in [2.24, 2.45) is 5.41 Å². The van der Waals surface area contributed by atoms with Gasteiger partial charge in [0.1, 0.15) is 6.10 Å². The van der Waals surface area contributed by atoms with Crippen LogP contribution in [0.4, 0.5) is 0 Å². The molecule has 0 radical (unpaired) electrons. The highest BCUT2D eigenvalue weighted by molar-refractivity contribution is 5.19. The molecule has 0 aromatic heterocycles. The van der Waals surface area contributed by atoms with Gasteiger partial charge >= 0.3 is 0 Å². The van der Waals surface area contributed by atoms with Gasteiger partial charge in [-0.1, -0.05) is 51.1 Å². The van der Waals surface area contributed by atoms with Crippen LogP contribution in [0.1, 0.15) is 45.3 Å². The number of methoxy groups -OCH3 is 1. The van der Waals surface area contributed by atoms with Gasteiger partial charge < -0.3 is 4.74 Å². The van der Waals surface area contributed by atoms with E-state index in [4.69, 9.17) is 14.5 Å². The fourth-order valence-corrected chi connectivity index (χ4v) is 1.83. The summed E-state index contributed by atoms with van der Waals surface area (Å²) in [6.07, 6.45) is 1.81. The van der Waals surface area contributed by atoms with Crippen LogP contribution in [-0.4, -0.2) is 20.3 Å². The van der Waals surface area contributed by atoms with Gasteiger partial charge in [-0.15, -0.1) is 0 Å². The maximum atomic E-state index is 5.67. The van der Waals surface area contributed by atoms with Crippen LogP contribution in [0, 0.1) is 5.41 Å². The van der Waals surface area contributed by atoms with Crippen molar-refractivity contribution >= 4 is 0 Å². The Kier molecular flexibility index (Phi) is 7.06. The number of benzene rings is 1. The summed E-state index contributed by atoms with van der Waals surface area (Å²) in [5, 5.41) is 0. The predicted molar refractivity (Wildman–Crippen MR) is 76.8 cm³/mol. The third-order valence-electron chi connectivity index (χ3n) is 3.46. The molecule has 3 nitrogen and oxygen atoms in total. The Morgan fingerprint density at radius 2 is 1.79 bits per heavy atom. The van der Waals surface area contributed by atoms with Gasteiger partial charge in [0.25, 0.3) is 0 Å². The molecule has 0 amide bonds. The molecule has 0 aliphatic rings. The average Bonchev–Trinajstić information content (AvgIpc) is 2.43. The minimum Gasteiger partial charge on any atom is -0.385 e. The molecule has 0 aliphatic heterocycles. The molecule has 108 valence electrons. The molecular formula is C16H26O3. The number of ether oxygens (including phenoxy) is 1. The lowest BCUT2D eigenvalue weighted by Gasteiger charge is -2.32. The highest BCUT2D eigenvalue weighted by atomic mass is 17.2. The zero-order valence-electron chi connectivity index (χ0n) is 12.5. The molecule has 1 atom stereocenters. The molecule has 19 heavy (non-hydrogen) atoms. The van der Waals surface area contributed by atoms with E-state index in [1.54, 1.807) is 7.11 Å². The average molecular weight is 266 g/mol. The summed E-state index contributed by atoms with van der Waals surface area (Å²) in [5.41, 5.74) is 1.18. The molecular weight excluding hydrogens is 240 g/mol. The number of hydrogen-bond acceptors (Lipinski definition) is 3. The van der Waals surface area contributed by atoms with Crippen molar-refractivity contribution in [1.29, 1.82) is 0 Å². The van der Waals surface area contributed by atoms with Crippen molar-refractivity contribution < 1.29 is 14.5 Å². The van der Waals surface area contributed by atoms with Crippen LogP contribution in [0.3, 0.4) is 0 Å². The molecule has 1 unspecified atom stereocenters. The highest BCUT2D eigenvalue weighted by Gasteiger charge is 2.31. The van der Waals surface area contributed by atoms with E-state index >= 15 is 0 Å². The maximum Gasteiger partial charge on any atom is 0.123 e. The van der Waals surface area contributed by atoms with E-state index in [0.29, 0.717) is 13.2 Å². The molecule has 0 aliphatic carbocycles. The first kappa shape index (κ1) is 16.2. The van der Waals surface area contributed by atoms with Crippen molar-refractivity contribution in [2.75, 3.05) is 20.3 Å². The second kappa shape index (κ2) is 8.31. The predicted octanol–water partition coefficient (Wildman–Crippen LogP) is 4.15. The van der Waals surface area contributed by atoms with Crippen molar-refractivity contribution in [3.05, 3.63) is 35.9 Å². The fraction of sp³-hybridized carbons (Fsp3) is 0.625. The van der Waals surface area contributed by atoms with Crippen LogP contribution in [0.15, 0.2) is 30.3 Å². The summed E-state index contributed by atoms with van der Waals surface area (Å²) in [6, 6.07) is 10.2. The molecule has 3 heteroatoms. The first-order valence-corrected chi connectivity index (χ1v) is 6.94. The first-order chi connectivity index (χ1) is 9.11. The van der Waals surface area contributed by atoms with E-state index in [0.717, 1.165) is 18.4 Å². The Labute approximate surface area is 116 Å².